The van der Waals surface area contributed by atoms with Crippen molar-refractivity contribution in [2.75, 3.05) is 0 Å². The van der Waals surface area contributed by atoms with Gasteiger partial charge >= 0.3 is 0 Å². The van der Waals surface area contributed by atoms with Crippen LogP contribution in [0.1, 0.15) is 25.3 Å². The number of carbonyl (C=O) groups excluding carboxylic acids is 1. The summed E-state index contributed by atoms with van der Waals surface area (Å²) in [7, 11) is 0. The molecule has 2 heteroatoms. The van der Waals surface area contributed by atoms with Crippen LogP contribution in [0, 0.1) is 0 Å². The highest BCUT2D eigenvalue weighted by atomic mass is 16.1. The van der Waals surface area contributed by atoms with E-state index in [1.165, 1.54) is 0 Å². The third kappa shape index (κ3) is 2.94. The Labute approximate surface area is 90.0 Å². The van der Waals surface area contributed by atoms with E-state index in [1.807, 2.05) is 37.3 Å². The fourth-order valence-electron chi connectivity index (χ4n) is 1.45. The molecular weight excluding hydrogens is 186 g/mol. The number of benzene rings is 1. The van der Waals surface area contributed by atoms with E-state index in [1.54, 1.807) is 6.08 Å². The van der Waals surface area contributed by atoms with Gasteiger partial charge in [-0.1, -0.05) is 30.3 Å². The van der Waals surface area contributed by atoms with Crippen LogP contribution in [0.15, 0.2) is 36.4 Å². The predicted octanol–water partition coefficient (Wildman–Crippen LogP) is 2.37. The molecule has 0 heterocycles. The lowest BCUT2D eigenvalue weighted by atomic mass is 10.1. The zero-order valence-electron chi connectivity index (χ0n) is 8.86. The molecule has 0 atom stereocenters. The molecule has 1 aliphatic rings. The van der Waals surface area contributed by atoms with Gasteiger partial charge in [-0.15, -0.1) is 0 Å². The predicted molar refractivity (Wildman–Crippen MR) is 61.3 cm³/mol. The van der Waals surface area contributed by atoms with Gasteiger partial charge in [-0.05, 0) is 30.9 Å². The van der Waals surface area contributed by atoms with Crippen LogP contribution in [0.3, 0.4) is 0 Å². The van der Waals surface area contributed by atoms with Crippen molar-refractivity contribution < 1.29 is 4.79 Å². The first-order chi connectivity index (χ1) is 7.25. The van der Waals surface area contributed by atoms with E-state index >= 15 is 0 Å². The van der Waals surface area contributed by atoms with E-state index in [0.717, 1.165) is 24.0 Å². The van der Waals surface area contributed by atoms with Crippen LogP contribution in [0.2, 0.25) is 0 Å². The first-order valence-corrected chi connectivity index (χ1v) is 5.30. The minimum Gasteiger partial charge on any atom is -0.350 e. The molecule has 0 unspecified atom stereocenters. The van der Waals surface area contributed by atoms with Gasteiger partial charge in [-0.3, -0.25) is 4.79 Å². The molecule has 0 aliphatic heterocycles. The van der Waals surface area contributed by atoms with Crippen molar-refractivity contribution in [2.24, 2.45) is 0 Å². The molecule has 15 heavy (non-hydrogen) atoms. The van der Waals surface area contributed by atoms with E-state index in [-0.39, 0.29) is 5.91 Å². The SMILES string of the molecule is C/C(=C\C(=O)NC1CC1)c1ccccc1. The van der Waals surface area contributed by atoms with E-state index < -0.39 is 0 Å². The number of amides is 1. The second kappa shape index (κ2) is 4.30. The van der Waals surface area contributed by atoms with Gasteiger partial charge in [0.05, 0.1) is 0 Å². The van der Waals surface area contributed by atoms with Crippen LogP contribution in [-0.4, -0.2) is 11.9 Å². The number of hydrogen-bond donors (Lipinski definition) is 1. The summed E-state index contributed by atoms with van der Waals surface area (Å²) in [6, 6.07) is 10.4. The molecule has 0 saturated heterocycles. The van der Waals surface area contributed by atoms with Gasteiger partial charge in [0.25, 0.3) is 0 Å². The van der Waals surface area contributed by atoms with Crippen molar-refractivity contribution in [2.45, 2.75) is 25.8 Å². The number of rotatable bonds is 3. The lowest BCUT2D eigenvalue weighted by Gasteiger charge is -2.02. The van der Waals surface area contributed by atoms with Gasteiger partial charge in [0.15, 0.2) is 0 Å². The first-order valence-electron chi connectivity index (χ1n) is 5.30. The van der Waals surface area contributed by atoms with Crippen molar-refractivity contribution >= 4 is 11.5 Å². The third-order valence-electron chi connectivity index (χ3n) is 2.50. The lowest BCUT2D eigenvalue weighted by Crippen LogP contribution is -2.23. The van der Waals surface area contributed by atoms with Crippen molar-refractivity contribution in [3.63, 3.8) is 0 Å². The quantitative estimate of drug-likeness (QED) is 0.747. The number of carbonyl (C=O) groups is 1. The highest BCUT2D eigenvalue weighted by Crippen LogP contribution is 2.19. The Hall–Kier alpha value is -1.57. The van der Waals surface area contributed by atoms with Crippen molar-refractivity contribution in [1.29, 1.82) is 0 Å². The van der Waals surface area contributed by atoms with E-state index in [4.69, 9.17) is 0 Å². The Morgan fingerprint density at radius 3 is 2.60 bits per heavy atom. The molecule has 2 rings (SSSR count). The molecule has 0 radical (unpaired) electrons. The standard InChI is InChI=1S/C13H15NO/c1-10(11-5-3-2-4-6-11)9-13(15)14-12-7-8-12/h2-6,9,12H,7-8H2,1H3,(H,14,15)/b10-9+. The number of hydrogen-bond acceptors (Lipinski definition) is 1. The van der Waals surface area contributed by atoms with Gasteiger partial charge in [0.2, 0.25) is 5.91 Å². The highest BCUT2D eigenvalue weighted by Gasteiger charge is 2.22. The second-order valence-electron chi connectivity index (χ2n) is 3.98. The molecule has 78 valence electrons. The number of nitrogens with one attached hydrogen (secondary N) is 1. The molecule has 1 aromatic carbocycles. The second-order valence-corrected chi connectivity index (χ2v) is 3.98. The molecule has 1 N–H and O–H groups in total. The lowest BCUT2D eigenvalue weighted by molar-refractivity contribution is -0.116. The zero-order chi connectivity index (χ0) is 10.7. The minimum absolute atomic E-state index is 0.0267. The highest BCUT2D eigenvalue weighted by molar-refractivity contribution is 5.95. The monoisotopic (exact) mass is 201 g/mol. The van der Waals surface area contributed by atoms with Gasteiger partial charge in [-0.2, -0.15) is 0 Å². The van der Waals surface area contributed by atoms with Gasteiger partial charge < -0.3 is 5.32 Å². The summed E-state index contributed by atoms with van der Waals surface area (Å²) in [6.07, 6.45) is 3.93. The Kier molecular flexibility index (Phi) is 2.86. The Morgan fingerprint density at radius 2 is 2.00 bits per heavy atom. The third-order valence-corrected chi connectivity index (χ3v) is 2.50. The summed E-state index contributed by atoms with van der Waals surface area (Å²) >= 11 is 0. The van der Waals surface area contributed by atoms with E-state index in [2.05, 4.69) is 5.32 Å². The summed E-state index contributed by atoms with van der Waals surface area (Å²) in [5.74, 6) is 0.0267. The fraction of sp³-hybridized carbons (Fsp3) is 0.308. The summed E-state index contributed by atoms with van der Waals surface area (Å²) < 4.78 is 0. The fourth-order valence-corrected chi connectivity index (χ4v) is 1.45. The minimum atomic E-state index is 0.0267. The summed E-state index contributed by atoms with van der Waals surface area (Å²) in [6.45, 7) is 1.96. The van der Waals surface area contributed by atoms with Gasteiger partial charge in [0.1, 0.15) is 0 Å². The van der Waals surface area contributed by atoms with Crippen LogP contribution in [0.4, 0.5) is 0 Å². The van der Waals surface area contributed by atoms with Crippen LogP contribution in [0.25, 0.3) is 5.57 Å². The summed E-state index contributed by atoms with van der Waals surface area (Å²) in [5.41, 5.74) is 2.11. The van der Waals surface area contributed by atoms with Crippen LogP contribution < -0.4 is 5.32 Å². The molecule has 1 fully saturated rings. The average Bonchev–Trinajstić information content (AvgIpc) is 3.03. The maximum absolute atomic E-state index is 11.5. The molecule has 1 saturated carbocycles. The van der Waals surface area contributed by atoms with Crippen molar-refractivity contribution in [3.05, 3.63) is 42.0 Å². The maximum Gasteiger partial charge on any atom is 0.244 e. The van der Waals surface area contributed by atoms with Gasteiger partial charge in [-0.25, -0.2) is 0 Å². The van der Waals surface area contributed by atoms with E-state index in [9.17, 15) is 4.79 Å². The zero-order valence-corrected chi connectivity index (χ0v) is 8.86. The summed E-state index contributed by atoms with van der Waals surface area (Å²) in [5, 5.41) is 2.94. The Bertz CT molecular complexity index is 377. The largest absolute Gasteiger partial charge is 0.350 e. The molecule has 1 aliphatic carbocycles. The maximum atomic E-state index is 11.5. The smallest absolute Gasteiger partial charge is 0.244 e. The summed E-state index contributed by atoms with van der Waals surface area (Å²) in [4.78, 5) is 11.5. The average molecular weight is 201 g/mol. The van der Waals surface area contributed by atoms with Crippen LogP contribution >= 0.6 is 0 Å². The number of allylic oxidation sites excluding steroid dienone is 1. The molecule has 1 aromatic rings. The molecule has 1 amide bonds. The van der Waals surface area contributed by atoms with Crippen LogP contribution in [-0.2, 0) is 4.79 Å². The first kappa shape index (κ1) is 9.97. The van der Waals surface area contributed by atoms with E-state index in [0.29, 0.717) is 6.04 Å². The Morgan fingerprint density at radius 1 is 1.33 bits per heavy atom. The van der Waals surface area contributed by atoms with Crippen molar-refractivity contribution in [3.8, 4) is 0 Å². The topological polar surface area (TPSA) is 29.1 Å². The molecule has 0 spiro atoms. The molecule has 0 bridgehead atoms. The van der Waals surface area contributed by atoms with Crippen molar-refractivity contribution in [1.82, 2.24) is 5.32 Å². The van der Waals surface area contributed by atoms with Gasteiger partial charge in [0, 0.05) is 12.1 Å². The molecular formula is C13H15NO. The molecule has 0 aromatic heterocycles. The van der Waals surface area contributed by atoms with Crippen LogP contribution in [0.5, 0.6) is 0 Å². The normalized spacial score (nSPS) is 16.2. The Balaban J connectivity index is 2.02. The molecule has 2 nitrogen and oxygen atoms in total.